The van der Waals surface area contributed by atoms with E-state index < -0.39 is 27.4 Å². The topological polar surface area (TPSA) is 111 Å². The number of rotatable bonds is 8. The Labute approximate surface area is 210 Å². The monoisotopic (exact) mass is 515 g/mol. The lowest BCUT2D eigenvalue weighted by molar-refractivity contribution is 0.0691. The van der Waals surface area contributed by atoms with E-state index in [0.29, 0.717) is 11.6 Å². The maximum atomic E-state index is 14.2. The van der Waals surface area contributed by atoms with Gasteiger partial charge in [0.2, 0.25) is 0 Å². The fourth-order valence-electron chi connectivity index (χ4n) is 4.77. The van der Waals surface area contributed by atoms with Crippen LogP contribution in [0.25, 0.3) is 5.69 Å². The van der Waals surface area contributed by atoms with Gasteiger partial charge in [0.1, 0.15) is 16.5 Å². The molecule has 1 fully saturated rings. The van der Waals surface area contributed by atoms with Crippen molar-refractivity contribution in [3.63, 3.8) is 0 Å². The van der Waals surface area contributed by atoms with Gasteiger partial charge in [-0.1, -0.05) is 26.0 Å². The summed E-state index contributed by atoms with van der Waals surface area (Å²) in [4.78, 5) is 11.0. The van der Waals surface area contributed by atoms with Crippen molar-refractivity contribution in [2.24, 2.45) is 11.8 Å². The number of methoxy groups -OCH3 is 1. The van der Waals surface area contributed by atoms with Crippen molar-refractivity contribution < 1.29 is 27.4 Å². The predicted octanol–water partition coefficient (Wildman–Crippen LogP) is 5.45. The lowest BCUT2D eigenvalue weighted by Gasteiger charge is -2.31. The maximum Gasteiger partial charge on any atom is 0.338 e. The predicted molar refractivity (Wildman–Crippen MR) is 134 cm³/mol. The first-order valence-electron chi connectivity index (χ1n) is 11.9. The molecule has 0 spiro atoms. The van der Waals surface area contributed by atoms with Crippen LogP contribution in [0.1, 0.15) is 61.4 Å². The second-order valence-corrected chi connectivity index (χ2v) is 11.2. The van der Waals surface area contributed by atoms with Crippen LogP contribution in [-0.2, 0) is 10.0 Å². The Bertz CT molecular complexity index is 1340. The number of aromatic carboxylic acids is 1. The van der Waals surface area contributed by atoms with Gasteiger partial charge in [-0.15, -0.1) is 0 Å². The SMILES string of the molecule is COc1cc(C(=O)O)c(F)cc1NS(=O)(=O)c1cnn(-c2ccc([C@H]3CC[C@@H](C(C)C)CC3)cc2)c1. The summed E-state index contributed by atoms with van der Waals surface area (Å²) in [6, 6.07) is 9.68. The van der Waals surface area contributed by atoms with Crippen LogP contribution in [0.2, 0.25) is 0 Å². The molecule has 10 heteroatoms. The fraction of sp³-hybridized carbons (Fsp3) is 0.385. The molecule has 1 aromatic heterocycles. The van der Waals surface area contributed by atoms with E-state index >= 15 is 0 Å². The Morgan fingerprint density at radius 2 is 1.83 bits per heavy atom. The first kappa shape index (κ1) is 25.7. The second kappa shape index (κ2) is 10.3. The van der Waals surface area contributed by atoms with Crippen LogP contribution in [0.15, 0.2) is 53.7 Å². The molecule has 1 heterocycles. The van der Waals surface area contributed by atoms with Crippen LogP contribution < -0.4 is 9.46 Å². The summed E-state index contributed by atoms with van der Waals surface area (Å²) in [5.41, 5.74) is 1.15. The highest BCUT2D eigenvalue weighted by molar-refractivity contribution is 7.92. The minimum absolute atomic E-state index is 0.122. The van der Waals surface area contributed by atoms with Crippen molar-refractivity contribution in [1.82, 2.24) is 9.78 Å². The summed E-state index contributed by atoms with van der Waals surface area (Å²) < 4.78 is 48.8. The van der Waals surface area contributed by atoms with E-state index in [2.05, 4.69) is 35.8 Å². The molecule has 4 rings (SSSR count). The van der Waals surface area contributed by atoms with Gasteiger partial charge in [-0.2, -0.15) is 5.10 Å². The fourth-order valence-corrected chi connectivity index (χ4v) is 5.77. The first-order chi connectivity index (χ1) is 17.1. The van der Waals surface area contributed by atoms with E-state index in [4.69, 9.17) is 9.84 Å². The summed E-state index contributed by atoms with van der Waals surface area (Å²) >= 11 is 0. The standard InChI is InChI=1S/C26H30FN3O5S/c1-16(2)17-4-6-18(7-5-17)19-8-10-20(11-9-19)30-15-21(14-28-30)36(33,34)29-24-13-23(27)22(26(31)32)12-25(24)35-3/h8-18,29H,4-7H2,1-3H3,(H,31,32)/t17-,18+. The molecule has 0 unspecified atom stereocenters. The summed E-state index contributed by atoms with van der Waals surface area (Å²) in [6.45, 7) is 4.58. The molecule has 2 N–H and O–H groups in total. The number of hydrogen-bond donors (Lipinski definition) is 2. The lowest BCUT2D eigenvalue weighted by Crippen LogP contribution is -2.17. The third-order valence-corrected chi connectivity index (χ3v) is 8.30. The van der Waals surface area contributed by atoms with Crippen molar-refractivity contribution in [3.8, 4) is 11.4 Å². The quantitative estimate of drug-likeness (QED) is 0.413. The number of halogens is 1. The van der Waals surface area contributed by atoms with Gasteiger partial charge in [-0.3, -0.25) is 4.72 Å². The normalized spacial score (nSPS) is 18.2. The largest absolute Gasteiger partial charge is 0.495 e. The van der Waals surface area contributed by atoms with Gasteiger partial charge >= 0.3 is 5.97 Å². The summed E-state index contributed by atoms with van der Waals surface area (Å²) in [5.74, 6) is -0.648. The molecule has 36 heavy (non-hydrogen) atoms. The number of nitrogens with zero attached hydrogens (tertiary/aromatic N) is 2. The Morgan fingerprint density at radius 1 is 1.17 bits per heavy atom. The van der Waals surface area contributed by atoms with Gasteiger partial charge in [0.15, 0.2) is 0 Å². The van der Waals surface area contributed by atoms with Crippen LogP contribution in [0.5, 0.6) is 5.75 Å². The van der Waals surface area contributed by atoms with Gasteiger partial charge in [-0.25, -0.2) is 22.3 Å². The van der Waals surface area contributed by atoms with Crippen molar-refractivity contribution >= 4 is 21.7 Å². The molecule has 0 bridgehead atoms. The van der Waals surface area contributed by atoms with E-state index in [1.807, 2.05) is 12.1 Å². The molecular formula is C26H30FN3O5S. The number of hydrogen-bond acceptors (Lipinski definition) is 5. The van der Waals surface area contributed by atoms with Crippen LogP contribution in [0.3, 0.4) is 0 Å². The zero-order chi connectivity index (χ0) is 26.0. The summed E-state index contributed by atoms with van der Waals surface area (Å²) in [6.07, 6.45) is 7.39. The number of nitrogens with one attached hydrogen (secondary N) is 1. The van der Waals surface area contributed by atoms with Gasteiger partial charge in [-0.05, 0) is 67.2 Å². The van der Waals surface area contributed by atoms with Gasteiger partial charge in [0.05, 0.1) is 36.4 Å². The first-order valence-corrected chi connectivity index (χ1v) is 13.4. The number of sulfonamides is 1. The molecule has 0 saturated heterocycles. The van der Waals surface area contributed by atoms with E-state index in [1.165, 1.54) is 55.4 Å². The van der Waals surface area contributed by atoms with E-state index in [-0.39, 0.29) is 16.3 Å². The minimum atomic E-state index is -4.15. The number of anilines is 1. The summed E-state index contributed by atoms with van der Waals surface area (Å²) in [7, 11) is -2.92. The van der Waals surface area contributed by atoms with Crippen LogP contribution in [-0.4, -0.2) is 36.4 Å². The minimum Gasteiger partial charge on any atom is -0.495 e. The van der Waals surface area contributed by atoms with E-state index in [1.54, 1.807) is 0 Å². The Balaban J connectivity index is 1.50. The van der Waals surface area contributed by atoms with Gasteiger partial charge in [0.25, 0.3) is 10.0 Å². The average molecular weight is 516 g/mol. The number of ether oxygens (including phenoxy) is 1. The third-order valence-electron chi connectivity index (χ3n) is 6.98. The Morgan fingerprint density at radius 3 is 2.42 bits per heavy atom. The molecule has 1 aliphatic carbocycles. The van der Waals surface area contributed by atoms with E-state index in [9.17, 15) is 17.6 Å². The molecule has 8 nitrogen and oxygen atoms in total. The zero-order valence-electron chi connectivity index (χ0n) is 20.4. The van der Waals surface area contributed by atoms with Crippen LogP contribution >= 0.6 is 0 Å². The van der Waals surface area contributed by atoms with Crippen molar-refractivity contribution in [1.29, 1.82) is 0 Å². The van der Waals surface area contributed by atoms with Crippen LogP contribution in [0, 0.1) is 17.7 Å². The molecule has 3 aromatic rings. The Kier molecular flexibility index (Phi) is 7.35. The zero-order valence-corrected chi connectivity index (χ0v) is 21.3. The highest BCUT2D eigenvalue weighted by Gasteiger charge is 2.25. The lowest BCUT2D eigenvalue weighted by atomic mass is 9.75. The number of carboxylic acid groups (broad SMARTS) is 1. The molecule has 192 valence electrons. The van der Waals surface area contributed by atoms with Crippen LogP contribution in [0.4, 0.5) is 10.1 Å². The second-order valence-electron chi connectivity index (χ2n) is 9.51. The Hall–Kier alpha value is -3.40. The molecule has 1 aliphatic rings. The smallest absolute Gasteiger partial charge is 0.338 e. The highest BCUT2D eigenvalue weighted by Crippen LogP contribution is 2.38. The van der Waals surface area contributed by atoms with Gasteiger partial charge in [0, 0.05) is 6.07 Å². The van der Waals surface area contributed by atoms with Crippen molar-refractivity contribution in [3.05, 3.63) is 65.7 Å². The number of carbonyl (C=O) groups is 1. The van der Waals surface area contributed by atoms with E-state index in [0.717, 1.165) is 24.0 Å². The molecule has 0 radical (unpaired) electrons. The maximum absolute atomic E-state index is 14.2. The summed E-state index contributed by atoms with van der Waals surface area (Å²) in [5, 5.41) is 13.3. The molecule has 0 amide bonds. The molecule has 0 atom stereocenters. The number of carboxylic acids is 1. The third kappa shape index (κ3) is 5.38. The number of aromatic nitrogens is 2. The molecule has 2 aromatic carbocycles. The highest BCUT2D eigenvalue weighted by atomic mass is 32.2. The molecule has 1 saturated carbocycles. The van der Waals surface area contributed by atoms with Gasteiger partial charge < -0.3 is 9.84 Å². The van der Waals surface area contributed by atoms with Crippen molar-refractivity contribution in [2.45, 2.75) is 50.3 Å². The molecular weight excluding hydrogens is 485 g/mol. The number of benzene rings is 2. The average Bonchev–Trinajstić information content (AvgIpc) is 3.35. The molecule has 0 aliphatic heterocycles. The van der Waals surface area contributed by atoms with Crippen molar-refractivity contribution in [2.75, 3.05) is 11.8 Å².